The van der Waals surface area contributed by atoms with Gasteiger partial charge in [-0.15, -0.1) is 0 Å². The number of sulfonamides is 1. The molecule has 208 valence electrons. The lowest BCUT2D eigenvalue weighted by molar-refractivity contribution is -0.139. The maximum absolute atomic E-state index is 13.9. The minimum atomic E-state index is -4.09. The smallest absolute Gasteiger partial charge is 0.264 e. The summed E-state index contributed by atoms with van der Waals surface area (Å²) in [5.41, 5.74) is 1.10. The third kappa shape index (κ3) is 7.95. The van der Waals surface area contributed by atoms with Gasteiger partial charge in [-0.25, -0.2) is 8.42 Å². The number of hydrogen-bond donors (Lipinski definition) is 1. The van der Waals surface area contributed by atoms with Crippen molar-refractivity contribution in [3.05, 3.63) is 88.0 Å². The van der Waals surface area contributed by atoms with Crippen molar-refractivity contribution in [2.75, 3.05) is 18.0 Å². The highest BCUT2D eigenvalue weighted by molar-refractivity contribution is 14.1. The Kier molecular flexibility index (Phi) is 10.8. The summed E-state index contributed by atoms with van der Waals surface area (Å²) in [5, 5.41) is 2.93. The second-order valence-electron chi connectivity index (χ2n) is 9.17. The van der Waals surface area contributed by atoms with Gasteiger partial charge in [-0.05, 0) is 97.0 Å². The fraction of sp³-hybridized carbons (Fsp3) is 0.310. The lowest BCUT2D eigenvalue weighted by atomic mass is 10.1. The summed E-state index contributed by atoms with van der Waals surface area (Å²) in [4.78, 5) is 28.5. The number of amides is 2. The first kappa shape index (κ1) is 30.4. The van der Waals surface area contributed by atoms with E-state index in [4.69, 9.17) is 4.74 Å². The van der Waals surface area contributed by atoms with E-state index < -0.39 is 28.5 Å². The Balaban J connectivity index is 2.01. The van der Waals surface area contributed by atoms with Crippen molar-refractivity contribution in [2.45, 2.75) is 50.7 Å². The second kappa shape index (κ2) is 13.8. The second-order valence-corrected chi connectivity index (χ2v) is 12.3. The number of carbonyl (C=O) groups is 2. The molecular formula is C29H34IN3O5S. The van der Waals surface area contributed by atoms with Gasteiger partial charge in [0.2, 0.25) is 11.8 Å². The van der Waals surface area contributed by atoms with Gasteiger partial charge in [-0.1, -0.05) is 37.3 Å². The van der Waals surface area contributed by atoms with Gasteiger partial charge in [0.15, 0.2) is 0 Å². The van der Waals surface area contributed by atoms with Crippen LogP contribution in [0.5, 0.6) is 5.75 Å². The van der Waals surface area contributed by atoms with Crippen molar-refractivity contribution in [1.29, 1.82) is 0 Å². The average molecular weight is 664 g/mol. The van der Waals surface area contributed by atoms with E-state index in [0.717, 1.165) is 19.9 Å². The summed E-state index contributed by atoms with van der Waals surface area (Å²) in [7, 11) is -2.53. The van der Waals surface area contributed by atoms with E-state index in [1.165, 1.54) is 17.0 Å². The Morgan fingerprint density at radius 2 is 1.64 bits per heavy atom. The molecule has 0 radical (unpaired) electrons. The molecule has 0 heterocycles. The molecule has 2 atom stereocenters. The van der Waals surface area contributed by atoms with Crippen molar-refractivity contribution in [2.24, 2.45) is 0 Å². The highest BCUT2D eigenvalue weighted by Crippen LogP contribution is 2.25. The molecule has 0 bridgehead atoms. The monoisotopic (exact) mass is 663 g/mol. The van der Waals surface area contributed by atoms with Crippen LogP contribution in [0.25, 0.3) is 0 Å². The van der Waals surface area contributed by atoms with Crippen molar-refractivity contribution in [3.8, 4) is 5.75 Å². The Hall–Kier alpha value is -3.12. The number of halogens is 1. The molecule has 0 unspecified atom stereocenters. The number of rotatable bonds is 12. The largest absolute Gasteiger partial charge is 0.497 e. The number of ether oxygens (including phenoxy) is 1. The molecule has 0 spiro atoms. The van der Waals surface area contributed by atoms with Crippen LogP contribution in [0.4, 0.5) is 5.69 Å². The summed E-state index contributed by atoms with van der Waals surface area (Å²) in [6.07, 6.45) is 0.734. The Morgan fingerprint density at radius 1 is 0.974 bits per heavy atom. The fourth-order valence-electron chi connectivity index (χ4n) is 3.87. The molecule has 0 fully saturated rings. The predicted molar refractivity (Wildman–Crippen MR) is 161 cm³/mol. The van der Waals surface area contributed by atoms with E-state index in [0.29, 0.717) is 11.4 Å². The van der Waals surface area contributed by atoms with Crippen LogP contribution in [0.3, 0.4) is 0 Å². The third-order valence-corrected chi connectivity index (χ3v) is 8.89. The van der Waals surface area contributed by atoms with Gasteiger partial charge in [-0.2, -0.15) is 0 Å². The van der Waals surface area contributed by atoms with Crippen LogP contribution in [0.15, 0.2) is 83.8 Å². The summed E-state index contributed by atoms with van der Waals surface area (Å²) in [6.45, 7) is 5.11. The number of nitrogens with one attached hydrogen (secondary N) is 1. The van der Waals surface area contributed by atoms with Gasteiger partial charge in [-0.3, -0.25) is 13.9 Å². The van der Waals surface area contributed by atoms with Crippen molar-refractivity contribution in [1.82, 2.24) is 10.2 Å². The van der Waals surface area contributed by atoms with Crippen LogP contribution in [0.1, 0.15) is 32.8 Å². The zero-order valence-electron chi connectivity index (χ0n) is 22.5. The average Bonchev–Trinajstić information content (AvgIpc) is 2.95. The third-order valence-electron chi connectivity index (χ3n) is 6.38. The van der Waals surface area contributed by atoms with Gasteiger partial charge in [0.25, 0.3) is 10.0 Å². The standard InChI is InChI=1S/C29H34IN3O5S/c1-5-21(2)31-29(35)22(3)32(19-23-10-9-11-26(18-23)38-4)28(34)20-33(25-16-14-24(30)15-17-25)39(36,37)27-12-7-6-8-13-27/h6-18,21-22H,5,19-20H2,1-4H3,(H,31,35)/t21-,22-/m1/s1. The van der Waals surface area contributed by atoms with E-state index in [9.17, 15) is 18.0 Å². The van der Waals surface area contributed by atoms with E-state index >= 15 is 0 Å². The first-order valence-corrected chi connectivity index (χ1v) is 15.1. The molecule has 3 rings (SSSR count). The molecule has 0 aliphatic rings. The number of hydrogen-bond acceptors (Lipinski definition) is 5. The van der Waals surface area contributed by atoms with Crippen LogP contribution in [0.2, 0.25) is 0 Å². The van der Waals surface area contributed by atoms with E-state index in [2.05, 4.69) is 27.9 Å². The fourth-order valence-corrected chi connectivity index (χ4v) is 5.67. The Morgan fingerprint density at radius 3 is 2.26 bits per heavy atom. The van der Waals surface area contributed by atoms with Gasteiger partial charge < -0.3 is 15.0 Å². The minimum absolute atomic E-state index is 0.0678. The number of nitrogens with zero attached hydrogens (tertiary/aromatic N) is 2. The molecule has 0 aliphatic carbocycles. The van der Waals surface area contributed by atoms with Crippen LogP contribution >= 0.6 is 22.6 Å². The molecule has 8 nitrogen and oxygen atoms in total. The van der Waals surface area contributed by atoms with Gasteiger partial charge in [0.1, 0.15) is 18.3 Å². The predicted octanol–water partition coefficient (Wildman–Crippen LogP) is 4.83. The van der Waals surface area contributed by atoms with Crippen LogP contribution in [0, 0.1) is 3.57 Å². The molecule has 39 heavy (non-hydrogen) atoms. The molecule has 10 heteroatoms. The number of methoxy groups -OCH3 is 1. The van der Waals surface area contributed by atoms with Gasteiger partial charge in [0, 0.05) is 16.2 Å². The molecule has 3 aromatic rings. The minimum Gasteiger partial charge on any atom is -0.497 e. The first-order chi connectivity index (χ1) is 18.6. The topological polar surface area (TPSA) is 96.0 Å². The van der Waals surface area contributed by atoms with E-state index in [1.54, 1.807) is 74.7 Å². The molecule has 0 aromatic heterocycles. The summed E-state index contributed by atoms with van der Waals surface area (Å²) < 4.78 is 34.9. The maximum atomic E-state index is 13.9. The maximum Gasteiger partial charge on any atom is 0.264 e. The molecule has 0 aliphatic heterocycles. The van der Waals surface area contributed by atoms with Crippen molar-refractivity contribution >= 4 is 50.1 Å². The van der Waals surface area contributed by atoms with Gasteiger partial charge >= 0.3 is 0 Å². The zero-order valence-corrected chi connectivity index (χ0v) is 25.5. The number of anilines is 1. The quantitative estimate of drug-likeness (QED) is 0.281. The SMILES string of the molecule is CC[C@@H](C)NC(=O)[C@@H](C)N(Cc1cccc(OC)c1)C(=O)CN(c1ccc(I)cc1)S(=O)(=O)c1ccccc1. The number of benzene rings is 3. The molecule has 0 saturated carbocycles. The van der Waals surface area contributed by atoms with Crippen LogP contribution in [-0.2, 0) is 26.2 Å². The summed E-state index contributed by atoms with van der Waals surface area (Å²) in [6, 6.07) is 21.2. The normalized spacial score (nSPS) is 12.7. The molecule has 1 N–H and O–H groups in total. The molecule has 2 amide bonds. The highest BCUT2D eigenvalue weighted by atomic mass is 127. The van der Waals surface area contributed by atoms with Gasteiger partial charge in [0.05, 0.1) is 17.7 Å². The molecule has 0 saturated heterocycles. The zero-order chi connectivity index (χ0) is 28.6. The van der Waals surface area contributed by atoms with Crippen molar-refractivity contribution < 1.29 is 22.7 Å². The summed E-state index contributed by atoms with van der Waals surface area (Å²) >= 11 is 2.14. The summed E-state index contributed by atoms with van der Waals surface area (Å²) in [5.74, 6) is -0.209. The van der Waals surface area contributed by atoms with E-state index in [1.807, 2.05) is 19.9 Å². The lowest BCUT2D eigenvalue weighted by Crippen LogP contribution is -2.52. The van der Waals surface area contributed by atoms with Crippen LogP contribution < -0.4 is 14.4 Å². The number of carbonyl (C=O) groups excluding carboxylic acids is 2. The highest BCUT2D eigenvalue weighted by Gasteiger charge is 2.32. The molecular weight excluding hydrogens is 629 g/mol. The Bertz CT molecular complexity index is 1370. The first-order valence-electron chi connectivity index (χ1n) is 12.6. The lowest BCUT2D eigenvalue weighted by Gasteiger charge is -2.32. The Labute approximate surface area is 244 Å². The molecule has 3 aromatic carbocycles. The van der Waals surface area contributed by atoms with E-state index in [-0.39, 0.29) is 23.4 Å². The van der Waals surface area contributed by atoms with Crippen molar-refractivity contribution in [3.63, 3.8) is 0 Å². The van der Waals surface area contributed by atoms with Crippen LogP contribution in [-0.4, -0.2) is 50.9 Å².